The normalized spacial score (nSPS) is 14.2. The highest BCUT2D eigenvalue weighted by Crippen LogP contribution is 2.25. The summed E-state index contributed by atoms with van der Waals surface area (Å²) in [4.78, 5) is 39.6. The van der Waals surface area contributed by atoms with E-state index in [2.05, 4.69) is 4.74 Å². The van der Waals surface area contributed by atoms with Gasteiger partial charge in [0.15, 0.2) is 0 Å². The smallest absolute Gasteiger partial charge is 0.306 e. The SMILES string of the molecule is COC(=O)CCC(=O)N1CCN(C(=O)c2cc(C)c(C)cc2OC)CC1. The number of ether oxygens (including phenoxy) is 2. The lowest BCUT2D eigenvalue weighted by atomic mass is 10.0. The minimum Gasteiger partial charge on any atom is -0.496 e. The molecule has 1 aromatic rings. The molecule has 26 heavy (non-hydrogen) atoms. The summed E-state index contributed by atoms with van der Waals surface area (Å²) in [6, 6.07) is 3.72. The van der Waals surface area contributed by atoms with Gasteiger partial charge < -0.3 is 19.3 Å². The summed E-state index contributed by atoms with van der Waals surface area (Å²) >= 11 is 0. The molecule has 0 aliphatic carbocycles. The Balaban J connectivity index is 1.97. The van der Waals surface area contributed by atoms with Crippen LogP contribution in [0, 0.1) is 13.8 Å². The van der Waals surface area contributed by atoms with E-state index in [1.807, 2.05) is 26.0 Å². The molecule has 1 heterocycles. The molecular weight excluding hydrogens is 336 g/mol. The lowest BCUT2D eigenvalue weighted by Crippen LogP contribution is -2.50. The molecule has 0 atom stereocenters. The van der Waals surface area contributed by atoms with Gasteiger partial charge in [-0.2, -0.15) is 0 Å². The van der Waals surface area contributed by atoms with E-state index in [9.17, 15) is 14.4 Å². The van der Waals surface area contributed by atoms with Crippen molar-refractivity contribution in [3.05, 3.63) is 28.8 Å². The third-order valence-corrected chi connectivity index (χ3v) is 4.74. The van der Waals surface area contributed by atoms with Gasteiger partial charge in [-0.15, -0.1) is 0 Å². The van der Waals surface area contributed by atoms with Gasteiger partial charge >= 0.3 is 5.97 Å². The Morgan fingerprint density at radius 3 is 2.08 bits per heavy atom. The number of benzene rings is 1. The molecule has 7 heteroatoms. The second-order valence-electron chi connectivity index (χ2n) is 6.39. The number of hydrogen-bond donors (Lipinski definition) is 0. The summed E-state index contributed by atoms with van der Waals surface area (Å²) in [5.74, 6) is -0.0125. The van der Waals surface area contributed by atoms with E-state index in [1.165, 1.54) is 7.11 Å². The first-order chi connectivity index (χ1) is 12.4. The molecule has 7 nitrogen and oxygen atoms in total. The zero-order chi connectivity index (χ0) is 19.3. The van der Waals surface area contributed by atoms with Gasteiger partial charge in [0, 0.05) is 32.6 Å². The predicted molar refractivity (Wildman–Crippen MR) is 96.2 cm³/mol. The Labute approximate surface area is 153 Å². The van der Waals surface area contributed by atoms with E-state index in [4.69, 9.17) is 4.74 Å². The van der Waals surface area contributed by atoms with Crippen molar-refractivity contribution in [3.63, 3.8) is 0 Å². The first kappa shape index (κ1) is 19.8. The minimum atomic E-state index is -0.394. The highest BCUT2D eigenvalue weighted by Gasteiger charge is 2.27. The van der Waals surface area contributed by atoms with Crippen molar-refractivity contribution in [2.45, 2.75) is 26.7 Å². The Morgan fingerprint density at radius 1 is 0.923 bits per heavy atom. The van der Waals surface area contributed by atoms with Gasteiger partial charge in [0.05, 0.1) is 26.2 Å². The van der Waals surface area contributed by atoms with Gasteiger partial charge in [-0.05, 0) is 37.1 Å². The van der Waals surface area contributed by atoms with Crippen molar-refractivity contribution in [1.82, 2.24) is 9.80 Å². The molecule has 0 bridgehead atoms. The van der Waals surface area contributed by atoms with Crippen molar-refractivity contribution in [3.8, 4) is 5.75 Å². The molecule has 0 spiro atoms. The fourth-order valence-corrected chi connectivity index (χ4v) is 2.92. The van der Waals surface area contributed by atoms with Crippen molar-refractivity contribution in [1.29, 1.82) is 0 Å². The maximum absolute atomic E-state index is 12.9. The first-order valence-corrected chi connectivity index (χ1v) is 8.66. The highest BCUT2D eigenvalue weighted by molar-refractivity contribution is 5.97. The Kier molecular flexibility index (Phi) is 6.60. The van der Waals surface area contributed by atoms with Crippen LogP contribution in [0.2, 0.25) is 0 Å². The number of rotatable bonds is 5. The van der Waals surface area contributed by atoms with E-state index in [1.54, 1.807) is 16.9 Å². The number of hydrogen-bond acceptors (Lipinski definition) is 5. The van der Waals surface area contributed by atoms with Gasteiger partial charge in [-0.1, -0.05) is 0 Å². The van der Waals surface area contributed by atoms with Gasteiger partial charge in [-0.3, -0.25) is 14.4 Å². The van der Waals surface area contributed by atoms with E-state index in [0.29, 0.717) is 37.5 Å². The van der Waals surface area contributed by atoms with Gasteiger partial charge in [-0.25, -0.2) is 0 Å². The average molecular weight is 362 g/mol. The van der Waals surface area contributed by atoms with Crippen LogP contribution < -0.4 is 4.74 Å². The maximum Gasteiger partial charge on any atom is 0.306 e. The molecule has 1 aromatic carbocycles. The Hall–Kier alpha value is -2.57. The molecule has 1 fully saturated rings. The molecule has 1 saturated heterocycles. The van der Waals surface area contributed by atoms with Gasteiger partial charge in [0.1, 0.15) is 5.75 Å². The molecular formula is C19H26N2O5. The number of aryl methyl sites for hydroxylation is 2. The second-order valence-corrected chi connectivity index (χ2v) is 6.39. The summed E-state index contributed by atoms with van der Waals surface area (Å²) in [7, 11) is 2.86. The van der Waals surface area contributed by atoms with Crippen LogP contribution >= 0.6 is 0 Å². The molecule has 0 radical (unpaired) electrons. The summed E-state index contributed by atoms with van der Waals surface area (Å²) in [5.41, 5.74) is 2.64. The zero-order valence-corrected chi connectivity index (χ0v) is 15.8. The third kappa shape index (κ3) is 4.53. The van der Waals surface area contributed by atoms with Crippen molar-refractivity contribution < 1.29 is 23.9 Å². The van der Waals surface area contributed by atoms with Crippen LogP contribution in [0.5, 0.6) is 5.75 Å². The van der Waals surface area contributed by atoms with Gasteiger partial charge in [0.25, 0.3) is 5.91 Å². The summed E-state index contributed by atoms with van der Waals surface area (Å²) in [6.45, 7) is 5.77. The van der Waals surface area contributed by atoms with Crippen molar-refractivity contribution >= 4 is 17.8 Å². The number of methoxy groups -OCH3 is 2. The van der Waals surface area contributed by atoms with E-state index < -0.39 is 5.97 Å². The molecule has 1 aliphatic heterocycles. The van der Waals surface area contributed by atoms with Crippen LogP contribution in [0.1, 0.15) is 34.3 Å². The lowest BCUT2D eigenvalue weighted by molar-refractivity contribution is -0.143. The highest BCUT2D eigenvalue weighted by atomic mass is 16.5. The molecule has 2 rings (SSSR count). The number of nitrogens with zero attached hydrogens (tertiary/aromatic N) is 2. The number of carbonyl (C=O) groups is 3. The molecule has 0 unspecified atom stereocenters. The van der Waals surface area contributed by atoms with Gasteiger partial charge in [0.2, 0.25) is 5.91 Å². The van der Waals surface area contributed by atoms with E-state index >= 15 is 0 Å². The van der Waals surface area contributed by atoms with Crippen LogP contribution in [0.15, 0.2) is 12.1 Å². The van der Waals surface area contributed by atoms with Crippen LogP contribution in [-0.4, -0.2) is 68.0 Å². The Morgan fingerprint density at radius 2 is 1.50 bits per heavy atom. The minimum absolute atomic E-state index is 0.0777. The summed E-state index contributed by atoms with van der Waals surface area (Å²) in [5, 5.41) is 0. The quantitative estimate of drug-likeness (QED) is 0.743. The number of amides is 2. The maximum atomic E-state index is 12.9. The second kappa shape index (κ2) is 8.69. The fourth-order valence-electron chi connectivity index (χ4n) is 2.92. The number of carbonyl (C=O) groups excluding carboxylic acids is 3. The van der Waals surface area contributed by atoms with Crippen LogP contribution in [-0.2, 0) is 14.3 Å². The average Bonchev–Trinajstić information content (AvgIpc) is 2.67. The molecule has 1 aliphatic rings. The van der Waals surface area contributed by atoms with Crippen LogP contribution in [0.4, 0.5) is 0 Å². The molecule has 0 N–H and O–H groups in total. The molecule has 0 aromatic heterocycles. The van der Waals surface area contributed by atoms with E-state index in [0.717, 1.165) is 11.1 Å². The molecule has 142 valence electrons. The topological polar surface area (TPSA) is 76.2 Å². The van der Waals surface area contributed by atoms with Crippen LogP contribution in [0.25, 0.3) is 0 Å². The summed E-state index contributed by atoms with van der Waals surface area (Å²) < 4.78 is 9.91. The van der Waals surface area contributed by atoms with Crippen molar-refractivity contribution in [2.75, 3.05) is 40.4 Å². The molecule has 2 amide bonds. The monoisotopic (exact) mass is 362 g/mol. The summed E-state index contributed by atoms with van der Waals surface area (Å²) in [6.07, 6.45) is 0.208. The fraction of sp³-hybridized carbons (Fsp3) is 0.526. The standard InChI is InChI=1S/C19H26N2O5/c1-13-11-15(16(25-3)12-14(13)2)19(24)21-9-7-20(8-10-21)17(22)5-6-18(23)26-4/h11-12H,5-10H2,1-4H3. The van der Waals surface area contributed by atoms with Crippen molar-refractivity contribution in [2.24, 2.45) is 0 Å². The van der Waals surface area contributed by atoms with E-state index in [-0.39, 0.29) is 24.7 Å². The number of piperazine rings is 1. The number of esters is 1. The Bertz CT molecular complexity index is 693. The zero-order valence-electron chi connectivity index (χ0n) is 15.8. The predicted octanol–water partition coefficient (Wildman–Crippen LogP) is 1.55. The largest absolute Gasteiger partial charge is 0.496 e. The molecule has 0 saturated carbocycles. The third-order valence-electron chi connectivity index (χ3n) is 4.74. The first-order valence-electron chi connectivity index (χ1n) is 8.66. The lowest BCUT2D eigenvalue weighted by Gasteiger charge is -2.35. The van der Waals surface area contributed by atoms with Crippen LogP contribution in [0.3, 0.4) is 0 Å².